The topological polar surface area (TPSA) is 74.0 Å². The second-order valence-corrected chi connectivity index (χ2v) is 6.67. The number of halogens is 1. The van der Waals surface area contributed by atoms with Crippen LogP contribution in [0.1, 0.15) is 18.5 Å². The summed E-state index contributed by atoms with van der Waals surface area (Å²) in [5.74, 6) is -0.340. The summed E-state index contributed by atoms with van der Waals surface area (Å²) < 4.78 is 35.0. The van der Waals surface area contributed by atoms with Gasteiger partial charge in [-0.3, -0.25) is 4.79 Å². The average Bonchev–Trinajstić information content (AvgIpc) is 3.33. The molecule has 1 aromatic heterocycles. The monoisotopic (exact) mass is 376 g/mol. The molecule has 2 saturated heterocycles. The Morgan fingerprint density at radius 3 is 2.59 bits per heavy atom. The van der Waals surface area contributed by atoms with Crippen molar-refractivity contribution in [3.63, 3.8) is 0 Å². The molecule has 2 aromatic rings. The van der Waals surface area contributed by atoms with Crippen LogP contribution in [0.25, 0.3) is 11.3 Å². The van der Waals surface area contributed by atoms with Gasteiger partial charge in [-0.25, -0.2) is 4.39 Å². The lowest BCUT2D eigenvalue weighted by atomic mass is 10.0. The number of aromatic nitrogens is 1. The van der Waals surface area contributed by atoms with Gasteiger partial charge in [-0.2, -0.15) is 0 Å². The first-order valence-electron chi connectivity index (χ1n) is 8.99. The highest BCUT2D eigenvalue weighted by atomic mass is 19.1. The van der Waals surface area contributed by atoms with E-state index in [4.69, 9.17) is 18.7 Å². The lowest BCUT2D eigenvalue weighted by Crippen LogP contribution is -2.48. The molecular formula is C19H21FN2O5. The standard InChI is InChI=1S/C19H21FN2O5/c20-15-3-1-14(2-4-15)17-11-16(21-27-17)12-24-13-18(23)22-7-5-19(6-8-22)25-9-10-26-19/h1-4,11H,5-10,12-13H2. The van der Waals surface area contributed by atoms with Gasteiger partial charge in [-0.15, -0.1) is 0 Å². The summed E-state index contributed by atoms with van der Waals surface area (Å²) in [6.45, 7) is 2.58. The summed E-state index contributed by atoms with van der Waals surface area (Å²) in [6.07, 6.45) is 1.37. The van der Waals surface area contributed by atoms with Crippen molar-refractivity contribution in [3.05, 3.63) is 41.8 Å². The van der Waals surface area contributed by atoms with Gasteiger partial charge in [0.15, 0.2) is 11.5 Å². The molecule has 3 heterocycles. The first-order chi connectivity index (χ1) is 13.1. The minimum Gasteiger partial charge on any atom is -0.365 e. The zero-order chi connectivity index (χ0) is 18.7. The molecule has 0 N–H and O–H groups in total. The van der Waals surface area contributed by atoms with Crippen LogP contribution in [0.4, 0.5) is 4.39 Å². The summed E-state index contributed by atoms with van der Waals surface area (Å²) in [5, 5.41) is 3.92. The van der Waals surface area contributed by atoms with Crippen LogP contribution in [0, 0.1) is 5.82 Å². The summed E-state index contributed by atoms with van der Waals surface area (Å²) in [4.78, 5) is 14.1. The van der Waals surface area contributed by atoms with Gasteiger partial charge in [-0.1, -0.05) is 5.16 Å². The van der Waals surface area contributed by atoms with Gasteiger partial charge < -0.3 is 23.6 Å². The molecule has 27 heavy (non-hydrogen) atoms. The molecule has 0 unspecified atom stereocenters. The molecule has 1 amide bonds. The summed E-state index contributed by atoms with van der Waals surface area (Å²) in [6, 6.07) is 7.67. The Morgan fingerprint density at radius 2 is 1.89 bits per heavy atom. The molecule has 0 bridgehead atoms. The minimum absolute atomic E-state index is 0.0204. The van der Waals surface area contributed by atoms with Crippen molar-refractivity contribution in [3.8, 4) is 11.3 Å². The van der Waals surface area contributed by atoms with E-state index in [1.165, 1.54) is 12.1 Å². The number of piperidine rings is 1. The Hall–Kier alpha value is -2.29. The molecule has 144 valence electrons. The van der Waals surface area contributed by atoms with E-state index in [1.807, 2.05) is 0 Å². The molecule has 8 heteroatoms. The molecule has 7 nitrogen and oxygen atoms in total. The molecule has 2 fully saturated rings. The van der Waals surface area contributed by atoms with Crippen LogP contribution >= 0.6 is 0 Å². The van der Waals surface area contributed by atoms with E-state index in [-0.39, 0.29) is 24.9 Å². The van der Waals surface area contributed by atoms with E-state index in [1.54, 1.807) is 23.1 Å². The molecule has 4 rings (SSSR count). The zero-order valence-corrected chi connectivity index (χ0v) is 14.9. The number of carbonyl (C=O) groups is 1. The van der Waals surface area contributed by atoms with Crippen LogP contribution in [0.5, 0.6) is 0 Å². The number of ether oxygens (including phenoxy) is 3. The van der Waals surface area contributed by atoms with Crippen molar-refractivity contribution >= 4 is 5.91 Å². The van der Waals surface area contributed by atoms with Crippen LogP contribution in [0.15, 0.2) is 34.9 Å². The molecule has 1 spiro atoms. The SMILES string of the molecule is O=C(COCc1cc(-c2ccc(F)cc2)on1)N1CCC2(CC1)OCCO2. The lowest BCUT2D eigenvalue weighted by molar-refractivity contribution is -0.188. The quantitative estimate of drug-likeness (QED) is 0.798. The van der Waals surface area contributed by atoms with Gasteiger partial charge in [0.25, 0.3) is 0 Å². The van der Waals surface area contributed by atoms with E-state index in [2.05, 4.69) is 5.16 Å². The van der Waals surface area contributed by atoms with Crippen molar-refractivity contribution < 1.29 is 27.9 Å². The summed E-state index contributed by atoms with van der Waals surface area (Å²) in [7, 11) is 0. The number of benzene rings is 1. The number of likely N-dealkylation sites (tertiary alicyclic amines) is 1. The number of nitrogens with zero attached hydrogens (tertiary/aromatic N) is 2. The Labute approximate surface area is 156 Å². The Balaban J connectivity index is 1.23. The summed E-state index contributed by atoms with van der Waals surface area (Å²) in [5.41, 5.74) is 1.30. The van der Waals surface area contributed by atoms with Crippen LogP contribution in [-0.4, -0.2) is 54.7 Å². The molecule has 1 aromatic carbocycles. The van der Waals surface area contributed by atoms with Crippen molar-refractivity contribution in [2.75, 3.05) is 32.9 Å². The van der Waals surface area contributed by atoms with Crippen LogP contribution in [0.2, 0.25) is 0 Å². The number of hydrogen-bond donors (Lipinski definition) is 0. The van der Waals surface area contributed by atoms with E-state index < -0.39 is 5.79 Å². The first-order valence-corrected chi connectivity index (χ1v) is 8.99. The Morgan fingerprint density at radius 1 is 1.19 bits per heavy atom. The average molecular weight is 376 g/mol. The fraction of sp³-hybridized carbons (Fsp3) is 0.474. The third kappa shape index (κ3) is 4.18. The largest absolute Gasteiger partial charge is 0.365 e. The molecule has 0 aliphatic carbocycles. The minimum atomic E-state index is -0.491. The van der Waals surface area contributed by atoms with E-state index >= 15 is 0 Å². The van der Waals surface area contributed by atoms with Gasteiger partial charge in [0.2, 0.25) is 5.91 Å². The smallest absolute Gasteiger partial charge is 0.248 e. The molecule has 0 atom stereocenters. The summed E-state index contributed by atoms with van der Waals surface area (Å²) >= 11 is 0. The fourth-order valence-corrected chi connectivity index (χ4v) is 3.35. The fourth-order valence-electron chi connectivity index (χ4n) is 3.35. The van der Waals surface area contributed by atoms with Crippen LogP contribution in [-0.2, 0) is 25.6 Å². The van der Waals surface area contributed by atoms with Crippen molar-refractivity contribution in [2.24, 2.45) is 0 Å². The van der Waals surface area contributed by atoms with E-state index in [9.17, 15) is 9.18 Å². The van der Waals surface area contributed by atoms with Gasteiger partial charge >= 0.3 is 0 Å². The normalized spacial score (nSPS) is 18.9. The molecule has 0 radical (unpaired) electrons. The maximum Gasteiger partial charge on any atom is 0.248 e. The second-order valence-electron chi connectivity index (χ2n) is 6.67. The Kier molecular flexibility index (Phi) is 5.20. The van der Waals surface area contributed by atoms with Gasteiger partial charge in [-0.05, 0) is 24.3 Å². The third-order valence-corrected chi connectivity index (χ3v) is 4.85. The third-order valence-electron chi connectivity index (χ3n) is 4.85. The second kappa shape index (κ2) is 7.75. The maximum absolute atomic E-state index is 13.0. The molecule has 2 aliphatic heterocycles. The van der Waals surface area contributed by atoms with E-state index in [0.29, 0.717) is 50.6 Å². The lowest BCUT2D eigenvalue weighted by Gasteiger charge is -2.37. The van der Waals surface area contributed by atoms with Crippen LogP contribution in [0.3, 0.4) is 0 Å². The van der Waals surface area contributed by atoms with Gasteiger partial charge in [0, 0.05) is 37.6 Å². The predicted octanol–water partition coefficient (Wildman–Crippen LogP) is 2.36. The highest BCUT2D eigenvalue weighted by Gasteiger charge is 2.40. The van der Waals surface area contributed by atoms with Crippen molar-refractivity contribution in [2.45, 2.75) is 25.2 Å². The van der Waals surface area contributed by atoms with Crippen molar-refractivity contribution in [1.29, 1.82) is 0 Å². The number of rotatable bonds is 5. The van der Waals surface area contributed by atoms with E-state index in [0.717, 1.165) is 5.56 Å². The molecule has 0 saturated carbocycles. The number of amides is 1. The van der Waals surface area contributed by atoms with Crippen molar-refractivity contribution in [1.82, 2.24) is 10.1 Å². The van der Waals surface area contributed by atoms with Gasteiger partial charge in [0.05, 0.1) is 19.8 Å². The molecule has 2 aliphatic rings. The maximum atomic E-state index is 13.0. The first kappa shape index (κ1) is 18.1. The molecular weight excluding hydrogens is 355 g/mol. The number of hydrogen-bond acceptors (Lipinski definition) is 6. The highest BCUT2D eigenvalue weighted by molar-refractivity contribution is 5.77. The van der Waals surface area contributed by atoms with Gasteiger partial charge in [0.1, 0.15) is 18.1 Å². The Bertz CT molecular complexity index is 776. The predicted molar refractivity (Wildman–Crippen MR) is 92.0 cm³/mol. The number of carbonyl (C=O) groups excluding carboxylic acids is 1. The highest BCUT2D eigenvalue weighted by Crippen LogP contribution is 2.31. The zero-order valence-electron chi connectivity index (χ0n) is 14.9. The van der Waals surface area contributed by atoms with Crippen LogP contribution < -0.4 is 0 Å².